The zero-order valence-corrected chi connectivity index (χ0v) is 12.4. The summed E-state index contributed by atoms with van der Waals surface area (Å²) in [6, 6.07) is 9.95. The van der Waals surface area contributed by atoms with Crippen molar-refractivity contribution in [2.45, 2.75) is 24.5 Å². The number of aromatic nitrogens is 2. The summed E-state index contributed by atoms with van der Waals surface area (Å²) in [5, 5.41) is 10.3. The van der Waals surface area contributed by atoms with E-state index < -0.39 is 36.1 Å². The van der Waals surface area contributed by atoms with Gasteiger partial charge in [0.1, 0.15) is 18.8 Å². The molecular formula is C16H14N2O6. The number of esters is 1. The Bertz CT molecular complexity index is 821. The van der Waals surface area contributed by atoms with Crippen LogP contribution in [0.25, 0.3) is 0 Å². The van der Waals surface area contributed by atoms with Gasteiger partial charge in [0, 0.05) is 12.3 Å². The van der Waals surface area contributed by atoms with Crippen molar-refractivity contribution < 1.29 is 24.1 Å². The van der Waals surface area contributed by atoms with Crippen molar-refractivity contribution in [1.82, 2.24) is 9.55 Å². The number of aliphatic hydroxyl groups excluding tert-OH is 1. The normalized spacial score (nSPS) is 27.2. The van der Waals surface area contributed by atoms with E-state index in [1.165, 1.54) is 16.8 Å². The van der Waals surface area contributed by atoms with Gasteiger partial charge in [-0.05, 0) is 12.1 Å². The van der Waals surface area contributed by atoms with E-state index in [9.17, 15) is 14.7 Å². The van der Waals surface area contributed by atoms with E-state index in [0.717, 1.165) is 0 Å². The lowest BCUT2D eigenvalue weighted by atomic mass is 10.1. The van der Waals surface area contributed by atoms with Gasteiger partial charge in [0.05, 0.1) is 5.56 Å². The first kappa shape index (κ1) is 14.9. The Morgan fingerprint density at radius 3 is 2.88 bits per heavy atom. The van der Waals surface area contributed by atoms with Crippen molar-refractivity contribution in [1.29, 1.82) is 0 Å². The van der Waals surface area contributed by atoms with Crippen LogP contribution < -0.4 is 10.3 Å². The molecule has 1 aromatic heterocycles. The second-order valence-electron chi connectivity index (χ2n) is 5.56. The fraction of sp³-hybridized carbons (Fsp3) is 0.312. The Labute approximate surface area is 136 Å². The first-order chi connectivity index (χ1) is 11.6. The first-order valence-electron chi connectivity index (χ1n) is 7.45. The van der Waals surface area contributed by atoms with E-state index in [1.807, 2.05) is 0 Å². The van der Waals surface area contributed by atoms with Crippen LogP contribution in [0.4, 0.5) is 0 Å². The highest BCUT2D eigenvalue weighted by Crippen LogP contribution is 2.38. The molecular weight excluding hydrogens is 316 g/mol. The van der Waals surface area contributed by atoms with Crippen molar-refractivity contribution in [2.75, 3.05) is 6.61 Å². The summed E-state index contributed by atoms with van der Waals surface area (Å²) in [6.45, 7) is -0.103. The van der Waals surface area contributed by atoms with E-state index in [0.29, 0.717) is 5.56 Å². The van der Waals surface area contributed by atoms with Crippen LogP contribution in [0.2, 0.25) is 0 Å². The predicted octanol–water partition coefficient (Wildman–Crippen LogP) is 0.120. The number of hydrogen-bond acceptors (Lipinski definition) is 7. The van der Waals surface area contributed by atoms with Crippen LogP contribution in [-0.2, 0) is 9.47 Å². The first-order valence-corrected chi connectivity index (χ1v) is 7.45. The van der Waals surface area contributed by atoms with Gasteiger partial charge in [-0.3, -0.25) is 9.36 Å². The molecule has 1 fully saturated rings. The Kier molecular flexibility index (Phi) is 3.55. The number of fused-ring (bicyclic) bond motifs is 3. The summed E-state index contributed by atoms with van der Waals surface area (Å²) in [7, 11) is 0. The summed E-state index contributed by atoms with van der Waals surface area (Å²) in [5.74, 6) is -0.491. The molecule has 2 aromatic rings. The van der Waals surface area contributed by atoms with Gasteiger partial charge < -0.3 is 19.3 Å². The zero-order valence-electron chi connectivity index (χ0n) is 12.4. The fourth-order valence-corrected chi connectivity index (χ4v) is 2.82. The van der Waals surface area contributed by atoms with Crippen LogP contribution in [0.3, 0.4) is 0 Å². The maximum absolute atomic E-state index is 11.9. The topological polar surface area (TPSA) is 99.9 Å². The third-order valence-electron chi connectivity index (χ3n) is 4.02. The highest BCUT2D eigenvalue weighted by Gasteiger charge is 2.51. The van der Waals surface area contributed by atoms with Crippen molar-refractivity contribution in [2.24, 2.45) is 0 Å². The Morgan fingerprint density at radius 2 is 2.08 bits per heavy atom. The molecule has 0 saturated carbocycles. The van der Waals surface area contributed by atoms with Crippen LogP contribution in [0.5, 0.6) is 6.01 Å². The van der Waals surface area contributed by atoms with Gasteiger partial charge in [-0.25, -0.2) is 4.79 Å². The fourth-order valence-electron chi connectivity index (χ4n) is 2.82. The molecule has 1 N–H and O–H groups in total. The number of carbonyl (C=O) groups excluding carboxylic acids is 1. The lowest BCUT2D eigenvalue weighted by molar-refractivity contribution is -0.0512. The average molecular weight is 330 g/mol. The number of benzene rings is 1. The van der Waals surface area contributed by atoms with Gasteiger partial charge >= 0.3 is 12.0 Å². The molecule has 124 valence electrons. The van der Waals surface area contributed by atoms with Gasteiger partial charge in [-0.15, -0.1) is 0 Å². The zero-order chi connectivity index (χ0) is 16.7. The monoisotopic (exact) mass is 330 g/mol. The molecule has 3 heterocycles. The van der Waals surface area contributed by atoms with Crippen LogP contribution in [-0.4, -0.2) is 45.5 Å². The molecule has 0 spiro atoms. The van der Waals surface area contributed by atoms with Crippen molar-refractivity contribution in [3.05, 3.63) is 58.5 Å². The second kappa shape index (κ2) is 5.73. The van der Waals surface area contributed by atoms with Crippen molar-refractivity contribution in [3.63, 3.8) is 0 Å². The van der Waals surface area contributed by atoms with Crippen LogP contribution in [0.1, 0.15) is 16.6 Å². The minimum Gasteiger partial charge on any atom is -0.459 e. The molecule has 0 unspecified atom stereocenters. The molecule has 0 aliphatic carbocycles. The highest BCUT2D eigenvalue weighted by molar-refractivity contribution is 5.89. The van der Waals surface area contributed by atoms with Crippen molar-refractivity contribution >= 4 is 5.97 Å². The van der Waals surface area contributed by atoms with Crippen molar-refractivity contribution in [3.8, 4) is 6.01 Å². The lowest BCUT2D eigenvalue weighted by Crippen LogP contribution is -2.36. The number of carbonyl (C=O) groups is 1. The summed E-state index contributed by atoms with van der Waals surface area (Å²) >= 11 is 0. The summed E-state index contributed by atoms with van der Waals surface area (Å²) < 4.78 is 17.9. The third kappa shape index (κ3) is 2.45. The van der Waals surface area contributed by atoms with Crippen LogP contribution in [0.15, 0.2) is 47.4 Å². The minimum absolute atomic E-state index is 0.103. The third-order valence-corrected chi connectivity index (χ3v) is 4.02. The number of ether oxygens (including phenoxy) is 3. The summed E-state index contributed by atoms with van der Waals surface area (Å²) in [5.41, 5.74) is -0.00242. The highest BCUT2D eigenvalue weighted by atomic mass is 16.6. The Balaban J connectivity index is 1.43. The van der Waals surface area contributed by atoms with E-state index in [1.54, 1.807) is 30.3 Å². The van der Waals surface area contributed by atoms with Gasteiger partial charge in [0.2, 0.25) is 0 Å². The molecule has 8 heteroatoms. The van der Waals surface area contributed by atoms with Gasteiger partial charge in [-0.2, -0.15) is 4.98 Å². The number of nitrogens with zero attached hydrogens (tertiary/aromatic N) is 2. The molecule has 24 heavy (non-hydrogen) atoms. The van der Waals surface area contributed by atoms with Gasteiger partial charge in [0.15, 0.2) is 12.3 Å². The van der Waals surface area contributed by atoms with E-state index in [4.69, 9.17) is 14.2 Å². The molecule has 0 bridgehead atoms. The largest absolute Gasteiger partial charge is 0.459 e. The SMILES string of the molecule is O=C(OC[C@@H]1O[C@@H]2[C@H](Oc3nc(=O)ccn32)[C@@H]1O)c1ccccc1. The van der Waals surface area contributed by atoms with Gasteiger partial charge in [-0.1, -0.05) is 18.2 Å². The molecule has 4 atom stereocenters. The molecule has 1 aromatic carbocycles. The Hall–Kier alpha value is -2.71. The minimum atomic E-state index is -1.00. The van der Waals surface area contributed by atoms with Crippen LogP contribution in [0, 0.1) is 0 Å². The van der Waals surface area contributed by atoms with E-state index in [-0.39, 0.29) is 12.6 Å². The smallest absolute Gasteiger partial charge is 0.338 e. The lowest BCUT2D eigenvalue weighted by Gasteiger charge is -2.17. The molecule has 0 radical (unpaired) electrons. The van der Waals surface area contributed by atoms with E-state index in [2.05, 4.69) is 4.98 Å². The molecule has 2 aliphatic heterocycles. The van der Waals surface area contributed by atoms with Gasteiger partial charge in [0.25, 0.3) is 5.56 Å². The molecule has 1 saturated heterocycles. The molecule has 4 rings (SSSR count). The number of aliphatic hydroxyl groups is 1. The molecule has 0 amide bonds. The Morgan fingerprint density at radius 1 is 1.29 bits per heavy atom. The maximum atomic E-state index is 11.9. The number of hydrogen-bond donors (Lipinski definition) is 1. The molecule has 8 nitrogen and oxygen atoms in total. The van der Waals surface area contributed by atoms with E-state index >= 15 is 0 Å². The summed E-state index contributed by atoms with van der Waals surface area (Å²) in [4.78, 5) is 26.9. The average Bonchev–Trinajstić information content (AvgIpc) is 3.09. The predicted molar refractivity (Wildman–Crippen MR) is 79.6 cm³/mol. The standard InChI is InChI=1S/C16H14N2O6/c19-11-6-7-18-14-13(24-16(18)17-11)12(20)10(23-14)8-22-15(21)9-4-2-1-3-5-9/h1-7,10,12-14,20H,8H2/t10-,12+,13+,14+/m0/s1. The quantitative estimate of drug-likeness (QED) is 0.798. The second-order valence-corrected chi connectivity index (χ2v) is 5.56. The number of rotatable bonds is 3. The molecule has 2 aliphatic rings. The van der Waals surface area contributed by atoms with Crippen LogP contribution >= 0.6 is 0 Å². The maximum Gasteiger partial charge on any atom is 0.338 e. The summed E-state index contributed by atoms with van der Waals surface area (Å²) in [6.07, 6.45) is -1.53.